The van der Waals surface area contributed by atoms with Crippen molar-refractivity contribution in [1.29, 1.82) is 0 Å². The molecule has 1 aliphatic carbocycles. The number of nitrogens with zero attached hydrogens (tertiary/aromatic N) is 1. The van der Waals surface area contributed by atoms with Gasteiger partial charge in [-0.15, -0.1) is 0 Å². The predicted molar refractivity (Wildman–Crippen MR) is 90.6 cm³/mol. The number of halogens is 1. The summed E-state index contributed by atoms with van der Waals surface area (Å²) in [5.41, 5.74) is 3.24. The lowest BCUT2D eigenvalue weighted by atomic mass is 10.1. The Labute approximate surface area is 144 Å². The molecule has 1 fully saturated rings. The van der Waals surface area contributed by atoms with E-state index in [1.807, 2.05) is 0 Å². The Hall–Kier alpha value is -2.89. The normalized spacial score (nSPS) is 17.3. The summed E-state index contributed by atoms with van der Waals surface area (Å²) in [5, 5.41) is 3.81. The van der Waals surface area contributed by atoms with Crippen molar-refractivity contribution in [2.24, 2.45) is 10.5 Å². The molecule has 2 aromatic rings. The number of hydrazone groups is 1. The van der Waals surface area contributed by atoms with E-state index in [0.29, 0.717) is 35.8 Å². The minimum absolute atomic E-state index is 0.144. The fourth-order valence-corrected chi connectivity index (χ4v) is 2.65. The summed E-state index contributed by atoms with van der Waals surface area (Å²) < 4.78 is 25.1. The van der Waals surface area contributed by atoms with Gasteiger partial charge in [-0.25, -0.2) is 9.82 Å². The standard InChI is InChI=1S/C19H17FN2O3/c20-15-4-2-1-3-14(15)10-21-22-18(23)13-5-6-16-17(9-13)25-12-19(7-8-19)11-24-16/h1-6,9-10H,7-8,11-12H2,(H,22,23)/b21-10-. The molecule has 0 aromatic heterocycles. The van der Waals surface area contributed by atoms with Crippen molar-refractivity contribution in [3.8, 4) is 11.5 Å². The summed E-state index contributed by atoms with van der Waals surface area (Å²) >= 11 is 0. The highest BCUT2D eigenvalue weighted by Crippen LogP contribution is 2.49. The summed E-state index contributed by atoms with van der Waals surface area (Å²) in [5.74, 6) is 0.416. The molecule has 0 unspecified atom stereocenters. The molecule has 0 saturated heterocycles. The number of carbonyl (C=O) groups excluding carboxylic acids is 1. The maximum absolute atomic E-state index is 13.5. The molecule has 4 rings (SSSR count). The monoisotopic (exact) mass is 340 g/mol. The first-order valence-electron chi connectivity index (χ1n) is 8.13. The first-order chi connectivity index (χ1) is 12.2. The van der Waals surface area contributed by atoms with E-state index >= 15 is 0 Å². The summed E-state index contributed by atoms with van der Waals surface area (Å²) in [6.45, 7) is 1.26. The van der Waals surface area contributed by atoms with E-state index in [4.69, 9.17) is 9.47 Å². The molecule has 1 amide bonds. The lowest BCUT2D eigenvalue weighted by Gasteiger charge is -2.09. The van der Waals surface area contributed by atoms with Gasteiger partial charge in [0, 0.05) is 16.5 Å². The molecule has 25 heavy (non-hydrogen) atoms. The molecule has 2 aliphatic rings. The van der Waals surface area contributed by atoms with Crippen molar-refractivity contribution in [1.82, 2.24) is 5.43 Å². The fraction of sp³-hybridized carbons (Fsp3) is 0.263. The zero-order chi connectivity index (χ0) is 17.3. The molecule has 1 saturated carbocycles. The van der Waals surface area contributed by atoms with Crippen molar-refractivity contribution < 1.29 is 18.7 Å². The highest BCUT2D eigenvalue weighted by atomic mass is 19.1. The first kappa shape index (κ1) is 15.6. The Morgan fingerprint density at radius 1 is 1.12 bits per heavy atom. The maximum atomic E-state index is 13.5. The number of benzene rings is 2. The van der Waals surface area contributed by atoms with Crippen LogP contribution in [0.4, 0.5) is 4.39 Å². The van der Waals surface area contributed by atoms with Crippen LogP contribution in [0.1, 0.15) is 28.8 Å². The third-order valence-corrected chi connectivity index (χ3v) is 4.51. The van der Waals surface area contributed by atoms with Crippen molar-refractivity contribution >= 4 is 12.1 Å². The van der Waals surface area contributed by atoms with Crippen LogP contribution in [0.15, 0.2) is 47.6 Å². The number of hydrogen-bond acceptors (Lipinski definition) is 4. The number of amides is 1. The van der Waals surface area contributed by atoms with Gasteiger partial charge < -0.3 is 9.47 Å². The van der Waals surface area contributed by atoms with Crippen LogP contribution in [0.2, 0.25) is 0 Å². The largest absolute Gasteiger partial charge is 0.489 e. The number of fused-ring (bicyclic) bond motifs is 1. The SMILES string of the molecule is O=C(N/N=C\c1ccccc1F)c1ccc2c(c1)OCC1(CC1)CO2. The van der Waals surface area contributed by atoms with Crippen molar-refractivity contribution in [3.05, 3.63) is 59.4 Å². The van der Waals surface area contributed by atoms with Crippen LogP contribution >= 0.6 is 0 Å². The van der Waals surface area contributed by atoms with E-state index < -0.39 is 11.7 Å². The maximum Gasteiger partial charge on any atom is 0.271 e. The Morgan fingerprint density at radius 3 is 2.64 bits per heavy atom. The van der Waals surface area contributed by atoms with Crippen molar-refractivity contribution in [2.45, 2.75) is 12.8 Å². The van der Waals surface area contributed by atoms with E-state index in [-0.39, 0.29) is 5.41 Å². The second kappa shape index (κ2) is 6.20. The Morgan fingerprint density at radius 2 is 1.88 bits per heavy atom. The molecule has 0 bridgehead atoms. The summed E-state index contributed by atoms with van der Waals surface area (Å²) in [7, 11) is 0. The number of hydrogen-bond donors (Lipinski definition) is 1. The molecular formula is C19H17FN2O3. The Kier molecular flexibility index (Phi) is 3.87. The second-order valence-corrected chi connectivity index (χ2v) is 6.46. The quantitative estimate of drug-likeness (QED) is 0.690. The number of carbonyl (C=O) groups is 1. The van der Waals surface area contributed by atoms with Crippen molar-refractivity contribution in [2.75, 3.05) is 13.2 Å². The minimum Gasteiger partial charge on any atom is -0.489 e. The molecule has 0 radical (unpaired) electrons. The van der Waals surface area contributed by atoms with Gasteiger partial charge in [0.05, 0.1) is 19.4 Å². The van der Waals surface area contributed by atoms with Gasteiger partial charge in [-0.05, 0) is 37.1 Å². The van der Waals surface area contributed by atoms with Gasteiger partial charge in [-0.3, -0.25) is 4.79 Å². The predicted octanol–water partition coefficient (Wildman–Crippen LogP) is 3.14. The molecule has 5 nitrogen and oxygen atoms in total. The van der Waals surface area contributed by atoms with E-state index in [1.165, 1.54) is 12.3 Å². The lowest BCUT2D eigenvalue weighted by Crippen LogP contribution is -2.18. The highest BCUT2D eigenvalue weighted by molar-refractivity contribution is 5.95. The average Bonchev–Trinajstić information content (AvgIpc) is 3.43. The van der Waals surface area contributed by atoms with E-state index in [9.17, 15) is 9.18 Å². The van der Waals surface area contributed by atoms with Crippen LogP contribution in [0.3, 0.4) is 0 Å². The molecule has 2 aromatic carbocycles. The molecule has 1 N–H and O–H groups in total. The number of nitrogens with one attached hydrogen (secondary N) is 1. The van der Waals surface area contributed by atoms with Crippen LogP contribution in [0.5, 0.6) is 11.5 Å². The van der Waals surface area contributed by atoms with Gasteiger partial charge >= 0.3 is 0 Å². The molecule has 1 aliphatic heterocycles. The second-order valence-electron chi connectivity index (χ2n) is 6.46. The van der Waals surface area contributed by atoms with Gasteiger partial charge in [0.25, 0.3) is 5.91 Å². The van der Waals surface area contributed by atoms with E-state index in [0.717, 1.165) is 12.8 Å². The Bertz CT molecular complexity index is 846. The lowest BCUT2D eigenvalue weighted by molar-refractivity contribution is 0.0954. The van der Waals surface area contributed by atoms with Gasteiger partial charge in [-0.2, -0.15) is 5.10 Å². The third kappa shape index (κ3) is 3.33. The summed E-state index contributed by atoms with van der Waals surface area (Å²) in [6.07, 6.45) is 3.49. The number of rotatable bonds is 3. The highest BCUT2D eigenvalue weighted by Gasteiger charge is 2.46. The molecule has 1 heterocycles. The van der Waals surface area contributed by atoms with Gasteiger partial charge in [-0.1, -0.05) is 18.2 Å². The summed E-state index contributed by atoms with van der Waals surface area (Å²) in [6, 6.07) is 11.2. The smallest absolute Gasteiger partial charge is 0.271 e. The fourth-order valence-electron chi connectivity index (χ4n) is 2.65. The van der Waals surface area contributed by atoms with Crippen LogP contribution in [0.25, 0.3) is 0 Å². The molecule has 128 valence electrons. The van der Waals surface area contributed by atoms with Gasteiger partial charge in [0.2, 0.25) is 0 Å². The van der Waals surface area contributed by atoms with E-state index in [2.05, 4.69) is 10.5 Å². The molecule has 1 spiro atoms. The number of ether oxygens (including phenoxy) is 2. The van der Waals surface area contributed by atoms with Crippen molar-refractivity contribution in [3.63, 3.8) is 0 Å². The van der Waals surface area contributed by atoms with Crippen LogP contribution in [-0.4, -0.2) is 25.3 Å². The zero-order valence-electron chi connectivity index (χ0n) is 13.5. The zero-order valence-corrected chi connectivity index (χ0v) is 13.5. The van der Waals surface area contributed by atoms with Crippen LogP contribution in [0, 0.1) is 11.2 Å². The van der Waals surface area contributed by atoms with E-state index in [1.54, 1.807) is 36.4 Å². The average molecular weight is 340 g/mol. The molecular weight excluding hydrogens is 323 g/mol. The molecule has 6 heteroatoms. The Balaban J connectivity index is 1.44. The minimum atomic E-state index is -0.399. The van der Waals surface area contributed by atoms with Gasteiger partial charge in [0.15, 0.2) is 11.5 Å². The first-order valence-corrected chi connectivity index (χ1v) is 8.13. The molecule has 0 atom stereocenters. The topological polar surface area (TPSA) is 59.9 Å². The summed E-state index contributed by atoms with van der Waals surface area (Å²) in [4.78, 5) is 12.2. The van der Waals surface area contributed by atoms with Gasteiger partial charge in [0.1, 0.15) is 5.82 Å². The van der Waals surface area contributed by atoms with Crippen LogP contribution < -0.4 is 14.9 Å². The van der Waals surface area contributed by atoms with Crippen LogP contribution in [-0.2, 0) is 0 Å². The third-order valence-electron chi connectivity index (χ3n) is 4.51.